The zero-order valence-electron chi connectivity index (χ0n) is 11.6. The van der Waals surface area contributed by atoms with E-state index in [0.29, 0.717) is 12.5 Å². The SMILES string of the molecule is COC(OC)C(C)NC(=O)C1CCCCC1CN. The lowest BCUT2D eigenvalue weighted by Gasteiger charge is -2.31. The average Bonchev–Trinajstić information content (AvgIpc) is 2.40. The fourth-order valence-corrected chi connectivity index (χ4v) is 2.74. The van der Waals surface area contributed by atoms with Gasteiger partial charge in [-0.05, 0) is 32.2 Å². The summed E-state index contributed by atoms with van der Waals surface area (Å²) in [5.41, 5.74) is 5.75. The van der Waals surface area contributed by atoms with Gasteiger partial charge in [0.25, 0.3) is 0 Å². The van der Waals surface area contributed by atoms with Gasteiger partial charge in [0.05, 0.1) is 6.04 Å². The number of amides is 1. The molecule has 1 saturated carbocycles. The quantitative estimate of drug-likeness (QED) is 0.693. The van der Waals surface area contributed by atoms with Gasteiger partial charge in [0, 0.05) is 20.1 Å². The standard InChI is InChI=1S/C13H26N2O3/c1-9(13(17-2)18-3)15-12(16)11-7-5-4-6-10(11)8-14/h9-11,13H,4-8,14H2,1-3H3,(H,15,16). The molecule has 5 nitrogen and oxygen atoms in total. The molecule has 0 aromatic rings. The van der Waals surface area contributed by atoms with E-state index >= 15 is 0 Å². The number of hydrogen-bond acceptors (Lipinski definition) is 4. The zero-order chi connectivity index (χ0) is 13.5. The minimum atomic E-state index is -0.408. The normalized spacial score (nSPS) is 26.1. The van der Waals surface area contributed by atoms with Gasteiger partial charge in [-0.3, -0.25) is 4.79 Å². The van der Waals surface area contributed by atoms with Crippen molar-refractivity contribution in [3.63, 3.8) is 0 Å². The van der Waals surface area contributed by atoms with Crippen LogP contribution in [0.3, 0.4) is 0 Å². The summed E-state index contributed by atoms with van der Waals surface area (Å²) >= 11 is 0. The van der Waals surface area contributed by atoms with Gasteiger partial charge in [-0.25, -0.2) is 0 Å². The summed E-state index contributed by atoms with van der Waals surface area (Å²) in [6.07, 6.45) is 3.88. The highest BCUT2D eigenvalue weighted by atomic mass is 16.7. The van der Waals surface area contributed by atoms with Crippen molar-refractivity contribution in [2.75, 3.05) is 20.8 Å². The Labute approximate surface area is 109 Å². The first-order valence-electron chi connectivity index (χ1n) is 6.70. The Kier molecular flexibility index (Phi) is 6.60. The van der Waals surface area contributed by atoms with E-state index in [4.69, 9.17) is 15.2 Å². The topological polar surface area (TPSA) is 73.6 Å². The fraction of sp³-hybridized carbons (Fsp3) is 0.923. The van der Waals surface area contributed by atoms with E-state index in [1.807, 2.05) is 6.92 Å². The number of methoxy groups -OCH3 is 2. The predicted molar refractivity (Wildman–Crippen MR) is 69.9 cm³/mol. The molecule has 106 valence electrons. The third-order valence-electron chi connectivity index (χ3n) is 3.79. The maximum absolute atomic E-state index is 12.2. The molecule has 1 aliphatic rings. The van der Waals surface area contributed by atoms with E-state index in [-0.39, 0.29) is 17.9 Å². The predicted octanol–water partition coefficient (Wildman–Crippen LogP) is 0.875. The summed E-state index contributed by atoms with van der Waals surface area (Å²) < 4.78 is 10.3. The second kappa shape index (κ2) is 7.71. The molecular weight excluding hydrogens is 232 g/mol. The Hall–Kier alpha value is -0.650. The van der Waals surface area contributed by atoms with Crippen LogP contribution in [0, 0.1) is 11.8 Å². The van der Waals surface area contributed by atoms with E-state index < -0.39 is 6.29 Å². The molecule has 3 atom stereocenters. The van der Waals surface area contributed by atoms with E-state index in [0.717, 1.165) is 19.3 Å². The van der Waals surface area contributed by atoms with Crippen LogP contribution in [0.25, 0.3) is 0 Å². The Balaban J connectivity index is 2.52. The van der Waals surface area contributed by atoms with Crippen LogP contribution in [0.2, 0.25) is 0 Å². The van der Waals surface area contributed by atoms with Crippen LogP contribution in [0.5, 0.6) is 0 Å². The lowest BCUT2D eigenvalue weighted by Crippen LogP contribution is -2.48. The molecule has 0 saturated heterocycles. The Morgan fingerprint density at radius 2 is 1.94 bits per heavy atom. The molecule has 3 unspecified atom stereocenters. The van der Waals surface area contributed by atoms with Gasteiger partial charge < -0.3 is 20.5 Å². The van der Waals surface area contributed by atoms with Gasteiger partial charge in [0.1, 0.15) is 0 Å². The van der Waals surface area contributed by atoms with Crippen molar-refractivity contribution in [1.82, 2.24) is 5.32 Å². The molecule has 0 bridgehead atoms. The molecule has 1 fully saturated rings. The summed E-state index contributed by atoms with van der Waals surface area (Å²) in [6, 6.07) is -0.159. The maximum Gasteiger partial charge on any atom is 0.223 e. The maximum atomic E-state index is 12.2. The highest BCUT2D eigenvalue weighted by Crippen LogP contribution is 2.29. The Morgan fingerprint density at radius 1 is 1.33 bits per heavy atom. The third kappa shape index (κ3) is 3.93. The van der Waals surface area contributed by atoms with Gasteiger partial charge in [0.2, 0.25) is 5.91 Å². The second-order valence-corrected chi connectivity index (χ2v) is 5.02. The summed E-state index contributed by atoms with van der Waals surface area (Å²) in [5, 5.41) is 2.97. The summed E-state index contributed by atoms with van der Waals surface area (Å²) in [5.74, 6) is 0.437. The highest BCUT2D eigenvalue weighted by molar-refractivity contribution is 5.79. The first-order valence-corrected chi connectivity index (χ1v) is 6.70. The molecule has 0 aromatic carbocycles. The number of carbonyl (C=O) groups excluding carboxylic acids is 1. The molecule has 0 radical (unpaired) electrons. The van der Waals surface area contributed by atoms with E-state index in [1.54, 1.807) is 14.2 Å². The van der Waals surface area contributed by atoms with E-state index in [9.17, 15) is 4.79 Å². The van der Waals surface area contributed by atoms with Gasteiger partial charge in [-0.15, -0.1) is 0 Å². The molecule has 5 heteroatoms. The average molecular weight is 258 g/mol. The van der Waals surface area contributed by atoms with Crippen molar-refractivity contribution in [3.8, 4) is 0 Å². The number of ether oxygens (including phenoxy) is 2. The molecule has 3 N–H and O–H groups in total. The molecule has 18 heavy (non-hydrogen) atoms. The van der Waals surface area contributed by atoms with Crippen molar-refractivity contribution >= 4 is 5.91 Å². The van der Waals surface area contributed by atoms with Crippen molar-refractivity contribution in [2.45, 2.75) is 44.9 Å². The molecule has 0 spiro atoms. The van der Waals surface area contributed by atoms with Crippen LogP contribution in [-0.2, 0) is 14.3 Å². The van der Waals surface area contributed by atoms with Crippen LogP contribution in [0.1, 0.15) is 32.6 Å². The van der Waals surface area contributed by atoms with Crippen molar-refractivity contribution in [1.29, 1.82) is 0 Å². The second-order valence-electron chi connectivity index (χ2n) is 5.02. The molecule has 0 aromatic heterocycles. The first kappa shape index (κ1) is 15.4. The number of rotatable bonds is 6. The lowest BCUT2D eigenvalue weighted by molar-refractivity contribution is -0.140. The molecular formula is C13H26N2O3. The smallest absolute Gasteiger partial charge is 0.223 e. The third-order valence-corrected chi connectivity index (χ3v) is 3.79. The first-order chi connectivity index (χ1) is 8.63. The molecule has 1 aliphatic carbocycles. The summed E-state index contributed by atoms with van der Waals surface area (Å²) in [6.45, 7) is 2.47. The van der Waals surface area contributed by atoms with Crippen molar-refractivity contribution < 1.29 is 14.3 Å². The van der Waals surface area contributed by atoms with Crippen LogP contribution < -0.4 is 11.1 Å². The van der Waals surface area contributed by atoms with Crippen molar-refractivity contribution in [2.24, 2.45) is 17.6 Å². The number of carbonyl (C=O) groups is 1. The van der Waals surface area contributed by atoms with Crippen LogP contribution in [0.15, 0.2) is 0 Å². The van der Waals surface area contributed by atoms with E-state index in [2.05, 4.69) is 5.32 Å². The monoisotopic (exact) mass is 258 g/mol. The Morgan fingerprint density at radius 3 is 2.50 bits per heavy atom. The minimum Gasteiger partial charge on any atom is -0.354 e. The fourth-order valence-electron chi connectivity index (χ4n) is 2.74. The van der Waals surface area contributed by atoms with Gasteiger partial charge in [-0.1, -0.05) is 12.8 Å². The van der Waals surface area contributed by atoms with Crippen molar-refractivity contribution in [3.05, 3.63) is 0 Å². The zero-order valence-corrected chi connectivity index (χ0v) is 11.6. The number of nitrogens with two attached hydrogens (primary N) is 1. The Bertz CT molecular complexity index is 257. The number of nitrogens with one attached hydrogen (secondary N) is 1. The summed E-state index contributed by atoms with van der Waals surface area (Å²) in [7, 11) is 3.14. The van der Waals surface area contributed by atoms with Crippen LogP contribution in [0.4, 0.5) is 0 Å². The highest BCUT2D eigenvalue weighted by Gasteiger charge is 2.31. The molecule has 1 amide bonds. The minimum absolute atomic E-state index is 0.0422. The van der Waals surface area contributed by atoms with Gasteiger partial charge in [0.15, 0.2) is 6.29 Å². The van der Waals surface area contributed by atoms with Gasteiger partial charge in [-0.2, -0.15) is 0 Å². The lowest BCUT2D eigenvalue weighted by atomic mass is 9.78. The van der Waals surface area contributed by atoms with Crippen LogP contribution >= 0.6 is 0 Å². The van der Waals surface area contributed by atoms with E-state index in [1.165, 1.54) is 6.42 Å². The van der Waals surface area contributed by atoms with Crippen LogP contribution in [-0.4, -0.2) is 39.0 Å². The summed E-state index contributed by atoms with van der Waals surface area (Å²) in [4.78, 5) is 12.2. The molecule has 0 aliphatic heterocycles. The number of hydrogen-bond donors (Lipinski definition) is 2. The largest absolute Gasteiger partial charge is 0.354 e. The molecule has 0 heterocycles. The van der Waals surface area contributed by atoms with Gasteiger partial charge >= 0.3 is 0 Å². The molecule has 1 rings (SSSR count).